The van der Waals surface area contributed by atoms with Gasteiger partial charge in [-0.3, -0.25) is 4.90 Å². The van der Waals surface area contributed by atoms with Gasteiger partial charge in [-0.15, -0.1) is 0 Å². The molecule has 1 saturated carbocycles. The summed E-state index contributed by atoms with van der Waals surface area (Å²) in [6.45, 7) is 7.15. The van der Waals surface area contributed by atoms with Gasteiger partial charge in [-0.25, -0.2) is 0 Å². The number of nitrogens with zero attached hydrogens (tertiary/aromatic N) is 1. The number of likely N-dealkylation sites (tertiary alicyclic amines) is 1. The molecule has 0 amide bonds. The fraction of sp³-hybridized carbons (Fsp3) is 1.00. The monoisotopic (exact) mass is 282 g/mol. The van der Waals surface area contributed by atoms with Crippen LogP contribution in [0.2, 0.25) is 0 Å². The van der Waals surface area contributed by atoms with Gasteiger partial charge in [0.1, 0.15) is 0 Å². The van der Waals surface area contributed by atoms with Gasteiger partial charge in [0.15, 0.2) is 0 Å². The maximum atomic E-state index is 9.86. The molecule has 1 saturated heterocycles. The largest absolute Gasteiger partial charge is 0.394 e. The van der Waals surface area contributed by atoms with Crippen molar-refractivity contribution in [3.63, 3.8) is 0 Å². The average Bonchev–Trinajstić information content (AvgIpc) is 2.76. The van der Waals surface area contributed by atoms with E-state index in [9.17, 15) is 5.11 Å². The van der Waals surface area contributed by atoms with E-state index in [0.29, 0.717) is 12.6 Å². The molecule has 0 radical (unpaired) electrons. The second kappa shape index (κ2) is 7.77. The molecule has 2 N–H and O–H groups in total. The van der Waals surface area contributed by atoms with E-state index in [-0.39, 0.29) is 5.54 Å². The number of hydrogen-bond acceptors (Lipinski definition) is 3. The maximum Gasteiger partial charge on any atom is 0.0613 e. The first-order valence-corrected chi connectivity index (χ1v) is 8.86. The topological polar surface area (TPSA) is 35.5 Å². The zero-order valence-corrected chi connectivity index (χ0v) is 13.5. The van der Waals surface area contributed by atoms with Crippen LogP contribution >= 0.6 is 0 Å². The summed E-state index contributed by atoms with van der Waals surface area (Å²) < 4.78 is 0. The second-order valence-corrected chi connectivity index (χ2v) is 6.91. The summed E-state index contributed by atoms with van der Waals surface area (Å²) in [7, 11) is 0. The fourth-order valence-electron chi connectivity index (χ4n) is 4.25. The maximum absolute atomic E-state index is 9.86. The van der Waals surface area contributed by atoms with E-state index in [1.807, 2.05) is 0 Å². The van der Waals surface area contributed by atoms with Crippen molar-refractivity contribution >= 4 is 0 Å². The average molecular weight is 282 g/mol. The number of hydrogen-bond donors (Lipinski definition) is 2. The molecule has 118 valence electrons. The normalized spacial score (nSPS) is 36.1. The molecular weight excluding hydrogens is 248 g/mol. The van der Waals surface area contributed by atoms with Gasteiger partial charge in [-0.1, -0.05) is 26.7 Å². The van der Waals surface area contributed by atoms with Gasteiger partial charge >= 0.3 is 0 Å². The molecule has 3 atom stereocenters. The van der Waals surface area contributed by atoms with E-state index in [2.05, 4.69) is 24.1 Å². The lowest BCUT2D eigenvalue weighted by Crippen LogP contribution is -2.49. The lowest BCUT2D eigenvalue weighted by Gasteiger charge is -2.36. The standard InChI is InChI=1S/C17H34N2O/c1-3-11-18-17(14-20)10-9-16(13-17)19-12-7-5-6-8-15(19)4-2/h15-16,18,20H,3-14H2,1-2H3. The van der Waals surface area contributed by atoms with E-state index < -0.39 is 0 Å². The third kappa shape index (κ3) is 3.75. The lowest BCUT2D eigenvalue weighted by atomic mass is 9.97. The van der Waals surface area contributed by atoms with Gasteiger partial charge in [-0.2, -0.15) is 0 Å². The van der Waals surface area contributed by atoms with Crippen LogP contribution < -0.4 is 5.32 Å². The Kier molecular flexibility index (Phi) is 6.31. The highest BCUT2D eigenvalue weighted by Crippen LogP contribution is 2.36. The molecule has 0 bridgehead atoms. The Morgan fingerprint density at radius 2 is 2.05 bits per heavy atom. The summed E-state index contributed by atoms with van der Waals surface area (Å²) in [6.07, 6.45) is 11.5. The molecule has 0 aromatic carbocycles. The van der Waals surface area contributed by atoms with E-state index >= 15 is 0 Å². The summed E-state index contributed by atoms with van der Waals surface area (Å²) in [4.78, 5) is 2.79. The Bertz CT molecular complexity index is 284. The van der Waals surface area contributed by atoms with Crippen molar-refractivity contribution in [2.45, 2.75) is 89.3 Å². The van der Waals surface area contributed by atoms with Gasteiger partial charge in [0.2, 0.25) is 0 Å². The SMILES string of the molecule is CCCNC1(CO)CCC(N2CCCCCC2CC)C1. The molecule has 0 spiro atoms. The van der Waals surface area contributed by atoms with Gasteiger partial charge in [0, 0.05) is 17.6 Å². The highest BCUT2D eigenvalue weighted by atomic mass is 16.3. The molecule has 3 heteroatoms. The predicted octanol–water partition coefficient (Wildman–Crippen LogP) is 2.92. The molecule has 1 aliphatic carbocycles. The van der Waals surface area contributed by atoms with Crippen LogP contribution in [0.1, 0.15) is 71.6 Å². The minimum atomic E-state index is 0.00523. The number of aliphatic hydroxyl groups is 1. The Labute approximate surface area is 125 Å². The number of nitrogens with one attached hydrogen (secondary N) is 1. The van der Waals surface area contributed by atoms with Crippen LogP contribution in [-0.2, 0) is 0 Å². The smallest absolute Gasteiger partial charge is 0.0613 e. The third-order valence-electron chi connectivity index (χ3n) is 5.50. The summed E-state index contributed by atoms with van der Waals surface area (Å²) in [5.41, 5.74) is 0.00523. The first-order chi connectivity index (χ1) is 9.74. The van der Waals surface area contributed by atoms with Crippen molar-refractivity contribution < 1.29 is 5.11 Å². The van der Waals surface area contributed by atoms with Crippen LogP contribution in [0, 0.1) is 0 Å². The molecule has 20 heavy (non-hydrogen) atoms. The fourth-order valence-corrected chi connectivity index (χ4v) is 4.25. The van der Waals surface area contributed by atoms with Crippen LogP contribution in [0.15, 0.2) is 0 Å². The zero-order valence-electron chi connectivity index (χ0n) is 13.5. The number of aliphatic hydroxyl groups excluding tert-OH is 1. The van der Waals surface area contributed by atoms with Gasteiger partial charge in [0.05, 0.1) is 6.61 Å². The first-order valence-electron chi connectivity index (χ1n) is 8.86. The van der Waals surface area contributed by atoms with Crippen LogP contribution in [0.4, 0.5) is 0 Å². The van der Waals surface area contributed by atoms with Gasteiger partial charge < -0.3 is 10.4 Å². The molecule has 2 fully saturated rings. The molecule has 3 nitrogen and oxygen atoms in total. The molecule has 1 aliphatic heterocycles. The van der Waals surface area contributed by atoms with Crippen LogP contribution in [0.25, 0.3) is 0 Å². The van der Waals surface area contributed by atoms with Gasteiger partial charge in [-0.05, 0) is 58.0 Å². The molecule has 2 aliphatic rings. The number of rotatable bonds is 6. The third-order valence-corrected chi connectivity index (χ3v) is 5.50. The van der Waals surface area contributed by atoms with E-state index in [4.69, 9.17) is 0 Å². The second-order valence-electron chi connectivity index (χ2n) is 6.91. The summed E-state index contributed by atoms with van der Waals surface area (Å²) in [5, 5.41) is 13.5. The van der Waals surface area contributed by atoms with E-state index in [1.54, 1.807) is 0 Å². The van der Waals surface area contributed by atoms with Crippen molar-refractivity contribution in [2.24, 2.45) is 0 Å². The highest BCUT2D eigenvalue weighted by Gasteiger charge is 2.41. The van der Waals surface area contributed by atoms with Crippen molar-refractivity contribution in [1.29, 1.82) is 0 Å². The molecular formula is C17H34N2O. The minimum absolute atomic E-state index is 0.00523. The lowest BCUT2D eigenvalue weighted by molar-refractivity contribution is 0.112. The first kappa shape index (κ1) is 16.3. The quantitative estimate of drug-likeness (QED) is 0.786. The van der Waals surface area contributed by atoms with Crippen molar-refractivity contribution in [3.05, 3.63) is 0 Å². The Morgan fingerprint density at radius 3 is 2.75 bits per heavy atom. The van der Waals surface area contributed by atoms with Crippen LogP contribution in [-0.4, -0.2) is 47.3 Å². The predicted molar refractivity (Wildman–Crippen MR) is 85.0 cm³/mol. The Morgan fingerprint density at radius 1 is 1.20 bits per heavy atom. The van der Waals surface area contributed by atoms with Gasteiger partial charge in [0.25, 0.3) is 0 Å². The van der Waals surface area contributed by atoms with Crippen LogP contribution in [0.5, 0.6) is 0 Å². The molecule has 1 heterocycles. The Hall–Kier alpha value is -0.120. The van der Waals surface area contributed by atoms with Crippen molar-refractivity contribution in [2.75, 3.05) is 19.7 Å². The molecule has 2 rings (SSSR count). The summed E-state index contributed by atoms with van der Waals surface area (Å²) >= 11 is 0. The van der Waals surface area contributed by atoms with E-state index in [0.717, 1.165) is 31.8 Å². The van der Waals surface area contributed by atoms with Crippen molar-refractivity contribution in [3.8, 4) is 0 Å². The zero-order chi connectivity index (χ0) is 14.4. The highest BCUT2D eigenvalue weighted by molar-refractivity contribution is 5.00. The van der Waals surface area contributed by atoms with Crippen LogP contribution in [0.3, 0.4) is 0 Å². The molecule has 3 unspecified atom stereocenters. The summed E-state index contributed by atoms with van der Waals surface area (Å²) in [5.74, 6) is 0. The minimum Gasteiger partial charge on any atom is -0.394 e. The Balaban J connectivity index is 1.98. The molecule has 0 aromatic rings. The van der Waals surface area contributed by atoms with E-state index in [1.165, 1.54) is 45.1 Å². The summed E-state index contributed by atoms with van der Waals surface area (Å²) in [6, 6.07) is 1.47. The molecule has 0 aromatic heterocycles. The van der Waals surface area contributed by atoms with Crippen molar-refractivity contribution in [1.82, 2.24) is 10.2 Å².